The van der Waals surface area contributed by atoms with Crippen LogP contribution in [-0.4, -0.2) is 25.4 Å². The molecule has 6 aromatic rings. The minimum atomic E-state index is -0.499. The summed E-state index contributed by atoms with van der Waals surface area (Å²) in [4.78, 5) is 27.9. The quantitative estimate of drug-likeness (QED) is 0.244. The van der Waals surface area contributed by atoms with Gasteiger partial charge in [-0.3, -0.25) is 14.9 Å². The van der Waals surface area contributed by atoms with Gasteiger partial charge in [0.1, 0.15) is 0 Å². The van der Waals surface area contributed by atoms with Gasteiger partial charge in [0, 0.05) is 39.7 Å². The molecule has 0 saturated carbocycles. The fourth-order valence-electron chi connectivity index (χ4n) is 4.32. The van der Waals surface area contributed by atoms with E-state index in [9.17, 15) is 14.9 Å². The van der Waals surface area contributed by atoms with Gasteiger partial charge in [0.15, 0.2) is 5.65 Å². The maximum atomic E-state index is 12.7. The SMILES string of the molecule is Cc1ccc(-c2nn3c4ccc(NC(=O)c5ccc([N+](=O)[O-])cc5)cc4nc3c3ccccc23)cc1. The largest absolute Gasteiger partial charge is 0.322 e. The van der Waals surface area contributed by atoms with Gasteiger partial charge < -0.3 is 5.32 Å². The number of carbonyl (C=O) groups excluding carboxylic acids is 1. The highest BCUT2D eigenvalue weighted by atomic mass is 16.6. The summed E-state index contributed by atoms with van der Waals surface area (Å²) in [5, 5.41) is 20.7. The summed E-state index contributed by atoms with van der Waals surface area (Å²) in [5.74, 6) is -0.363. The maximum Gasteiger partial charge on any atom is 0.269 e. The van der Waals surface area contributed by atoms with Crippen LogP contribution in [0, 0.1) is 17.0 Å². The van der Waals surface area contributed by atoms with Crippen molar-refractivity contribution >= 4 is 44.7 Å². The van der Waals surface area contributed by atoms with Crippen LogP contribution < -0.4 is 5.32 Å². The van der Waals surface area contributed by atoms with Crippen molar-refractivity contribution in [1.82, 2.24) is 14.6 Å². The van der Waals surface area contributed by atoms with Crippen molar-refractivity contribution in [3.05, 3.63) is 112 Å². The molecule has 8 heteroatoms. The number of carbonyl (C=O) groups is 1. The van der Waals surface area contributed by atoms with Gasteiger partial charge in [-0.25, -0.2) is 9.50 Å². The standard InChI is InChI=1S/C28H19N5O3/c1-17-6-8-18(9-7-17)26-22-4-2-3-5-23(22)27-30-24-16-20(12-15-25(24)32(27)31-26)29-28(34)19-10-13-21(14-11-19)33(35)36/h2-16H,1H3,(H,29,34). The number of benzene rings is 4. The van der Waals surface area contributed by atoms with Crippen molar-refractivity contribution in [3.8, 4) is 11.3 Å². The molecule has 0 spiro atoms. The van der Waals surface area contributed by atoms with Crippen LogP contribution in [0.5, 0.6) is 0 Å². The third-order valence-corrected chi connectivity index (χ3v) is 6.18. The molecule has 1 N–H and O–H groups in total. The molecule has 174 valence electrons. The number of nitrogens with zero attached hydrogens (tertiary/aromatic N) is 4. The molecular formula is C28H19N5O3. The first-order valence-electron chi connectivity index (χ1n) is 11.3. The molecule has 0 radical (unpaired) electrons. The Kier molecular flexibility index (Phi) is 4.93. The van der Waals surface area contributed by atoms with Crippen LogP contribution in [0.1, 0.15) is 15.9 Å². The Labute approximate surface area is 205 Å². The highest BCUT2D eigenvalue weighted by Gasteiger charge is 2.16. The molecule has 0 bridgehead atoms. The summed E-state index contributed by atoms with van der Waals surface area (Å²) in [6, 6.07) is 27.3. The van der Waals surface area contributed by atoms with E-state index in [-0.39, 0.29) is 11.6 Å². The highest BCUT2D eigenvalue weighted by Crippen LogP contribution is 2.31. The van der Waals surface area contributed by atoms with Gasteiger partial charge in [0.05, 0.1) is 21.7 Å². The zero-order valence-corrected chi connectivity index (χ0v) is 19.2. The molecule has 8 nitrogen and oxygen atoms in total. The molecule has 36 heavy (non-hydrogen) atoms. The normalized spacial score (nSPS) is 11.2. The van der Waals surface area contributed by atoms with Crippen molar-refractivity contribution in [3.63, 3.8) is 0 Å². The van der Waals surface area contributed by atoms with E-state index in [1.165, 1.54) is 29.8 Å². The van der Waals surface area contributed by atoms with Gasteiger partial charge in [-0.1, -0.05) is 54.1 Å². The maximum absolute atomic E-state index is 12.7. The van der Waals surface area contributed by atoms with E-state index in [1.807, 2.05) is 34.8 Å². The Morgan fingerprint density at radius 2 is 1.64 bits per heavy atom. The molecule has 2 aromatic heterocycles. The van der Waals surface area contributed by atoms with Crippen LogP contribution >= 0.6 is 0 Å². The summed E-state index contributed by atoms with van der Waals surface area (Å²) in [7, 11) is 0. The molecule has 0 saturated heterocycles. The first kappa shape index (κ1) is 21.4. The number of rotatable bonds is 4. The van der Waals surface area contributed by atoms with Gasteiger partial charge in [-0.2, -0.15) is 5.10 Å². The Balaban J connectivity index is 1.43. The molecule has 2 heterocycles. The van der Waals surface area contributed by atoms with E-state index < -0.39 is 4.92 Å². The minimum absolute atomic E-state index is 0.0672. The number of anilines is 1. The summed E-state index contributed by atoms with van der Waals surface area (Å²) in [6.45, 7) is 2.06. The van der Waals surface area contributed by atoms with Crippen LogP contribution in [0.3, 0.4) is 0 Å². The Hall–Kier alpha value is -5.11. The van der Waals surface area contributed by atoms with Crippen molar-refractivity contribution in [2.45, 2.75) is 6.92 Å². The van der Waals surface area contributed by atoms with Crippen LogP contribution in [0.15, 0.2) is 91.0 Å². The zero-order valence-electron chi connectivity index (χ0n) is 19.2. The van der Waals surface area contributed by atoms with Gasteiger partial charge in [-0.15, -0.1) is 0 Å². The molecule has 0 aliphatic rings. The second-order valence-electron chi connectivity index (χ2n) is 8.57. The molecule has 0 fully saturated rings. The smallest absolute Gasteiger partial charge is 0.269 e. The first-order chi connectivity index (χ1) is 17.5. The second kappa shape index (κ2) is 8.28. The summed E-state index contributed by atoms with van der Waals surface area (Å²) in [5.41, 5.74) is 6.13. The number of aromatic nitrogens is 3. The van der Waals surface area contributed by atoms with Crippen molar-refractivity contribution in [2.24, 2.45) is 0 Å². The summed E-state index contributed by atoms with van der Waals surface area (Å²) in [6.07, 6.45) is 0. The Bertz CT molecular complexity index is 1810. The Morgan fingerprint density at radius 1 is 0.917 bits per heavy atom. The molecule has 0 aliphatic carbocycles. The lowest BCUT2D eigenvalue weighted by atomic mass is 10.0. The fourth-order valence-corrected chi connectivity index (χ4v) is 4.32. The molecule has 6 rings (SSSR count). The first-order valence-corrected chi connectivity index (χ1v) is 11.3. The molecule has 0 unspecified atom stereocenters. The number of aryl methyl sites for hydroxylation is 1. The predicted octanol–water partition coefficient (Wildman–Crippen LogP) is 6.17. The minimum Gasteiger partial charge on any atom is -0.322 e. The number of nitrogens with one attached hydrogen (secondary N) is 1. The van der Waals surface area contributed by atoms with Crippen LogP contribution in [0.2, 0.25) is 0 Å². The molecule has 0 atom stereocenters. The van der Waals surface area contributed by atoms with E-state index in [0.29, 0.717) is 16.8 Å². The van der Waals surface area contributed by atoms with Crippen molar-refractivity contribution in [1.29, 1.82) is 0 Å². The third-order valence-electron chi connectivity index (χ3n) is 6.18. The Morgan fingerprint density at radius 3 is 2.36 bits per heavy atom. The van der Waals surface area contributed by atoms with Crippen molar-refractivity contribution < 1.29 is 9.72 Å². The van der Waals surface area contributed by atoms with Gasteiger partial charge >= 0.3 is 0 Å². The lowest BCUT2D eigenvalue weighted by Gasteiger charge is -2.09. The molecule has 4 aromatic carbocycles. The molecule has 1 amide bonds. The number of amides is 1. The van der Waals surface area contributed by atoms with Crippen molar-refractivity contribution in [2.75, 3.05) is 5.32 Å². The molecule has 0 aliphatic heterocycles. The van der Waals surface area contributed by atoms with Gasteiger partial charge in [0.2, 0.25) is 0 Å². The number of fused-ring (bicyclic) bond motifs is 5. The van der Waals surface area contributed by atoms with Crippen LogP contribution in [0.25, 0.3) is 38.7 Å². The van der Waals surface area contributed by atoms with Crippen LogP contribution in [0.4, 0.5) is 11.4 Å². The number of nitro groups is 1. The van der Waals surface area contributed by atoms with Gasteiger partial charge in [-0.05, 0) is 37.3 Å². The van der Waals surface area contributed by atoms with Crippen LogP contribution in [-0.2, 0) is 0 Å². The lowest BCUT2D eigenvalue weighted by molar-refractivity contribution is -0.384. The molecular weight excluding hydrogens is 454 g/mol. The summed E-state index contributed by atoms with van der Waals surface area (Å²) >= 11 is 0. The number of nitro benzene ring substituents is 1. The average molecular weight is 473 g/mol. The van der Waals surface area contributed by atoms with E-state index in [2.05, 4.69) is 36.5 Å². The summed E-state index contributed by atoms with van der Waals surface area (Å²) < 4.78 is 1.84. The number of imidazole rings is 1. The van der Waals surface area contributed by atoms with E-state index in [4.69, 9.17) is 10.1 Å². The van der Waals surface area contributed by atoms with Gasteiger partial charge in [0.25, 0.3) is 11.6 Å². The monoisotopic (exact) mass is 473 g/mol. The lowest BCUT2D eigenvalue weighted by Crippen LogP contribution is -2.11. The van der Waals surface area contributed by atoms with E-state index in [1.54, 1.807) is 12.1 Å². The number of hydrogen-bond donors (Lipinski definition) is 1. The average Bonchev–Trinajstić information content (AvgIpc) is 3.27. The fraction of sp³-hybridized carbons (Fsp3) is 0.0357. The second-order valence-corrected chi connectivity index (χ2v) is 8.57. The third kappa shape index (κ3) is 3.61. The number of non-ortho nitro benzene ring substituents is 1. The number of hydrogen-bond acceptors (Lipinski definition) is 5. The van der Waals surface area contributed by atoms with E-state index >= 15 is 0 Å². The van der Waals surface area contributed by atoms with E-state index in [0.717, 1.165) is 33.2 Å². The topological polar surface area (TPSA) is 102 Å². The highest BCUT2D eigenvalue weighted by molar-refractivity contribution is 6.06. The predicted molar refractivity (Wildman–Crippen MR) is 139 cm³/mol. The zero-order chi connectivity index (χ0) is 24.8.